The van der Waals surface area contributed by atoms with Gasteiger partial charge < -0.3 is 5.32 Å². The van der Waals surface area contributed by atoms with Crippen LogP contribution in [0.1, 0.15) is 59.8 Å². The third-order valence-electron chi connectivity index (χ3n) is 4.60. The number of halogens is 3. The van der Waals surface area contributed by atoms with Crippen molar-refractivity contribution in [2.45, 2.75) is 51.6 Å². The summed E-state index contributed by atoms with van der Waals surface area (Å²) in [4.78, 5) is 3.67. The normalized spacial score (nSPS) is 18.9. The molecule has 0 saturated heterocycles. The van der Waals surface area contributed by atoms with Crippen molar-refractivity contribution in [1.82, 2.24) is 4.98 Å². The van der Waals surface area contributed by atoms with Crippen molar-refractivity contribution in [3.05, 3.63) is 44.9 Å². The first kappa shape index (κ1) is 18.3. The first-order chi connectivity index (χ1) is 11.5. The summed E-state index contributed by atoms with van der Waals surface area (Å²) in [7, 11) is 0. The monoisotopic (exact) mass is 384 g/mol. The lowest BCUT2D eigenvalue weighted by molar-refractivity contribution is -0.140. The van der Waals surface area contributed by atoms with Crippen LogP contribution in [-0.4, -0.2) is 9.97 Å². The molecule has 1 aromatic carbocycles. The van der Waals surface area contributed by atoms with Gasteiger partial charge in [0.25, 0.3) is 0 Å². The minimum Gasteiger partial charge on any atom is -0.345 e. The number of thiocarbonyl (C=S) groups is 1. The summed E-state index contributed by atoms with van der Waals surface area (Å²) in [5, 5.41) is 3.40. The largest absolute Gasteiger partial charge is 0.434 e. The first-order valence-electron chi connectivity index (χ1n) is 8.00. The van der Waals surface area contributed by atoms with Gasteiger partial charge in [-0.2, -0.15) is 13.2 Å². The van der Waals surface area contributed by atoms with Crippen LogP contribution in [0.2, 0.25) is 0 Å². The Balaban J connectivity index is 1.98. The van der Waals surface area contributed by atoms with Gasteiger partial charge in [-0.25, -0.2) is 4.98 Å². The third kappa shape index (κ3) is 3.31. The number of alkyl halides is 3. The second-order valence-electron chi connectivity index (χ2n) is 7.12. The maximum Gasteiger partial charge on any atom is 0.434 e. The van der Waals surface area contributed by atoms with Crippen molar-refractivity contribution in [3.63, 3.8) is 0 Å². The molecule has 7 heteroatoms. The Morgan fingerprint density at radius 2 is 2.04 bits per heavy atom. The van der Waals surface area contributed by atoms with E-state index >= 15 is 0 Å². The fourth-order valence-electron chi connectivity index (χ4n) is 3.72. The summed E-state index contributed by atoms with van der Waals surface area (Å²) in [5.41, 5.74) is 2.30. The second-order valence-corrected chi connectivity index (χ2v) is 8.73. The van der Waals surface area contributed by atoms with Gasteiger partial charge in [0.05, 0.1) is 9.88 Å². The highest BCUT2D eigenvalue weighted by Crippen LogP contribution is 2.48. The average Bonchev–Trinajstić information content (AvgIpc) is 2.98. The van der Waals surface area contributed by atoms with E-state index in [1.54, 1.807) is 6.92 Å². The molecule has 0 spiro atoms. The number of rotatable bonds is 2. The van der Waals surface area contributed by atoms with E-state index in [9.17, 15) is 13.2 Å². The van der Waals surface area contributed by atoms with Crippen molar-refractivity contribution in [2.75, 3.05) is 5.32 Å². The molecule has 1 aromatic heterocycles. The molecule has 1 aliphatic rings. The highest BCUT2D eigenvalue weighted by atomic mass is 32.1. The SMILES string of the molecule is Cc1nc(C(F)(F)F)c(C(=S)Nc2cccc3c2C(C)CC3(C)C)s1. The summed E-state index contributed by atoms with van der Waals surface area (Å²) >= 11 is 6.27. The van der Waals surface area contributed by atoms with E-state index in [0.717, 1.165) is 29.0 Å². The fourth-order valence-corrected chi connectivity index (χ4v) is 4.89. The van der Waals surface area contributed by atoms with Crippen LogP contribution in [0, 0.1) is 6.92 Å². The molecule has 1 unspecified atom stereocenters. The van der Waals surface area contributed by atoms with Gasteiger partial charge in [0, 0.05) is 5.69 Å². The van der Waals surface area contributed by atoms with E-state index in [4.69, 9.17) is 12.2 Å². The van der Waals surface area contributed by atoms with E-state index < -0.39 is 11.9 Å². The molecular formula is C18H19F3N2S2. The number of nitrogens with zero attached hydrogens (tertiary/aromatic N) is 1. The molecule has 1 atom stereocenters. The molecule has 2 aromatic rings. The molecule has 1 N–H and O–H groups in total. The highest BCUT2D eigenvalue weighted by molar-refractivity contribution is 7.81. The number of thiazole rings is 1. The molecule has 2 nitrogen and oxygen atoms in total. The van der Waals surface area contributed by atoms with E-state index in [0.29, 0.717) is 10.9 Å². The van der Waals surface area contributed by atoms with Crippen LogP contribution >= 0.6 is 23.6 Å². The molecule has 3 rings (SSSR count). The molecule has 1 heterocycles. The molecule has 134 valence electrons. The molecule has 0 saturated carbocycles. The summed E-state index contributed by atoms with van der Waals surface area (Å²) in [6, 6.07) is 5.89. The van der Waals surface area contributed by atoms with Crippen LogP contribution in [-0.2, 0) is 11.6 Å². The molecule has 25 heavy (non-hydrogen) atoms. The number of anilines is 1. The molecule has 0 bridgehead atoms. The van der Waals surface area contributed by atoms with Crippen LogP contribution in [0.25, 0.3) is 0 Å². The van der Waals surface area contributed by atoms with Crippen LogP contribution in [0.5, 0.6) is 0 Å². The highest BCUT2D eigenvalue weighted by Gasteiger charge is 2.39. The maximum atomic E-state index is 13.2. The van der Waals surface area contributed by atoms with Gasteiger partial charge in [0.15, 0.2) is 5.69 Å². The van der Waals surface area contributed by atoms with E-state index in [1.807, 2.05) is 12.1 Å². The molecule has 1 aliphatic carbocycles. The zero-order chi connectivity index (χ0) is 18.6. The zero-order valence-electron chi connectivity index (χ0n) is 14.4. The van der Waals surface area contributed by atoms with Crippen molar-refractivity contribution < 1.29 is 13.2 Å². The zero-order valence-corrected chi connectivity index (χ0v) is 16.0. The smallest absolute Gasteiger partial charge is 0.345 e. The minimum atomic E-state index is -4.51. The Morgan fingerprint density at radius 1 is 1.36 bits per heavy atom. The molecule has 0 fully saturated rings. The number of hydrogen-bond acceptors (Lipinski definition) is 3. The summed E-state index contributed by atoms with van der Waals surface area (Å²) in [6.07, 6.45) is -3.51. The van der Waals surface area contributed by atoms with E-state index in [-0.39, 0.29) is 15.3 Å². The number of hydrogen-bond donors (Lipinski definition) is 1. The lowest BCUT2D eigenvalue weighted by Crippen LogP contribution is -2.17. The number of fused-ring (bicyclic) bond motifs is 1. The predicted molar refractivity (Wildman–Crippen MR) is 99.7 cm³/mol. The quantitative estimate of drug-likeness (QED) is 0.639. The maximum absolute atomic E-state index is 13.2. The van der Waals surface area contributed by atoms with Crippen LogP contribution < -0.4 is 5.32 Å². The van der Waals surface area contributed by atoms with Gasteiger partial charge in [0.2, 0.25) is 0 Å². The minimum absolute atomic E-state index is 0.0255. The van der Waals surface area contributed by atoms with Crippen molar-refractivity contribution in [3.8, 4) is 0 Å². The number of aryl methyl sites for hydroxylation is 1. The Hall–Kier alpha value is -1.47. The van der Waals surface area contributed by atoms with Crippen molar-refractivity contribution in [1.29, 1.82) is 0 Å². The summed E-state index contributed by atoms with van der Waals surface area (Å²) < 4.78 is 39.6. The summed E-state index contributed by atoms with van der Waals surface area (Å²) in [5.74, 6) is 0.321. The first-order valence-corrected chi connectivity index (χ1v) is 9.22. The summed E-state index contributed by atoms with van der Waals surface area (Å²) in [6.45, 7) is 8.06. The Kier molecular flexibility index (Phi) is 4.44. The average molecular weight is 384 g/mol. The van der Waals surface area contributed by atoms with Gasteiger partial charge in [-0.15, -0.1) is 11.3 Å². The Labute approximate surface area is 154 Å². The molecule has 0 amide bonds. The number of aromatic nitrogens is 1. The lowest BCUT2D eigenvalue weighted by Gasteiger charge is -2.19. The number of benzene rings is 1. The van der Waals surface area contributed by atoms with Crippen molar-refractivity contribution >= 4 is 34.2 Å². The van der Waals surface area contributed by atoms with Crippen LogP contribution in [0.15, 0.2) is 18.2 Å². The fraction of sp³-hybridized carbons (Fsp3) is 0.444. The Bertz CT molecular complexity index is 837. The van der Waals surface area contributed by atoms with Gasteiger partial charge in [-0.05, 0) is 41.9 Å². The third-order valence-corrected chi connectivity index (χ3v) is 6.03. The van der Waals surface area contributed by atoms with Crippen molar-refractivity contribution in [2.24, 2.45) is 0 Å². The van der Waals surface area contributed by atoms with E-state index in [2.05, 4.69) is 37.1 Å². The number of nitrogens with one attached hydrogen (secondary N) is 1. The molecule has 0 aliphatic heterocycles. The lowest BCUT2D eigenvalue weighted by atomic mass is 9.86. The topological polar surface area (TPSA) is 24.9 Å². The van der Waals surface area contributed by atoms with Gasteiger partial charge in [-0.3, -0.25) is 0 Å². The van der Waals surface area contributed by atoms with Gasteiger partial charge in [0.1, 0.15) is 4.99 Å². The standard InChI is InChI=1S/C18H19F3N2S2/c1-9-8-17(3,4)11-6-5-7-12(13(9)11)23-16(24)14-15(18(19,20)21)22-10(2)25-14/h5-7,9H,8H2,1-4H3,(H,23,24). The molecular weight excluding hydrogens is 365 g/mol. The van der Waals surface area contributed by atoms with Gasteiger partial charge >= 0.3 is 6.18 Å². The van der Waals surface area contributed by atoms with Crippen LogP contribution in [0.4, 0.5) is 18.9 Å². The van der Waals surface area contributed by atoms with Gasteiger partial charge in [-0.1, -0.05) is 45.1 Å². The van der Waals surface area contributed by atoms with E-state index in [1.165, 1.54) is 5.56 Å². The molecule has 0 radical (unpaired) electrons. The van der Waals surface area contributed by atoms with Crippen LogP contribution in [0.3, 0.4) is 0 Å². The predicted octanol–water partition coefficient (Wildman–Crippen LogP) is 6.04. The Morgan fingerprint density at radius 3 is 2.68 bits per heavy atom. The second kappa shape index (κ2) is 6.06.